The van der Waals surface area contributed by atoms with Crippen molar-refractivity contribution in [1.29, 1.82) is 0 Å². The quantitative estimate of drug-likeness (QED) is 0.841. The molecule has 0 aliphatic heterocycles. The number of sulfonamides is 1. The van der Waals surface area contributed by atoms with Crippen molar-refractivity contribution >= 4 is 21.4 Å². The molecule has 1 aromatic carbocycles. The first-order valence-electron chi connectivity index (χ1n) is 5.07. The molecule has 0 fully saturated rings. The molecule has 19 heavy (non-hydrogen) atoms. The molecule has 0 aliphatic rings. The highest BCUT2D eigenvalue weighted by molar-refractivity contribution is 7.92. The summed E-state index contributed by atoms with van der Waals surface area (Å²) in [6, 6.07) is 4.18. The van der Waals surface area contributed by atoms with E-state index in [1.807, 2.05) is 0 Å². The molecule has 0 bridgehead atoms. The van der Waals surface area contributed by atoms with Crippen LogP contribution in [0.1, 0.15) is 0 Å². The Bertz CT molecular complexity index is 720. The van der Waals surface area contributed by atoms with E-state index >= 15 is 0 Å². The largest absolute Gasteiger partial charge is 0.396 e. The normalized spacial score (nSPS) is 11.3. The fourth-order valence-electron chi connectivity index (χ4n) is 1.36. The molecule has 0 unspecified atom stereocenters. The number of rotatable bonds is 3. The van der Waals surface area contributed by atoms with Crippen LogP contribution in [0.4, 0.5) is 20.2 Å². The highest BCUT2D eigenvalue weighted by atomic mass is 32.2. The van der Waals surface area contributed by atoms with Crippen LogP contribution < -0.4 is 10.5 Å². The second-order valence-electron chi connectivity index (χ2n) is 3.68. The van der Waals surface area contributed by atoms with Crippen molar-refractivity contribution < 1.29 is 17.2 Å². The summed E-state index contributed by atoms with van der Waals surface area (Å²) in [6.07, 6.45) is 1.88. The van der Waals surface area contributed by atoms with Crippen molar-refractivity contribution in [3.63, 3.8) is 0 Å². The molecular weight excluding hydrogens is 276 g/mol. The molecule has 0 saturated carbocycles. The van der Waals surface area contributed by atoms with Gasteiger partial charge in [0.2, 0.25) is 0 Å². The van der Waals surface area contributed by atoms with Gasteiger partial charge in [-0.15, -0.1) is 0 Å². The summed E-state index contributed by atoms with van der Waals surface area (Å²) in [4.78, 5) is 3.11. The van der Waals surface area contributed by atoms with E-state index in [0.717, 1.165) is 30.6 Å². The Morgan fingerprint density at radius 1 is 1.16 bits per heavy atom. The molecule has 3 N–H and O–H groups in total. The van der Waals surface area contributed by atoms with Crippen molar-refractivity contribution in [1.82, 2.24) is 4.98 Å². The van der Waals surface area contributed by atoms with Crippen molar-refractivity contribution in [2.75, 3.05) is 10.5 Å². The highest BCUT2D eigenvalue weighted by Gasteiger charge is 2.16. The maximum absolute atomic E-state index is 12.9. The van der Waals surface area contributed by atoms with Crippen LogP contribution in [0.3, 0.4) is 0 Å². The van der Waals surface area contributed by atoms with Gasteiger partial charge in [0.1, 0.15) is 16.5 Å². The van der Waals surface area contributed by atoms with E-state index in [0.29, 0.717) is 0 Å². The van der Waals surface area contributed by atoms with Gasteiger partial charge in [-0.3, -0.25) is 9.71 Å². The smallest absolute Gasteiger partial charge is 0.263 e. The number of aromatic nitrogens is 1. The van der Waals surface area contributed by atoms with Crippen LogP contribution in [0.15, 0.2) is 41.6 Å². The van der Waals surface area contributed by atoms with Crippen molar-refractivity contribution in [3.05, 3.63) is 48.3 Å². The summed E-state index contributed by atoms with van der Waals surface area (Å²) in [6.45, 7) is 0. The summed E-state index contributed by atoms with van der Waals surface area (Å²) in [5, 5.41) is 0. The minimum Gasteiger partial charge on any atom is -0.396 e. The number of hydrogen-bond donors (Lipinski definition) is 2. The van der Waals surface area contributed by atoms with E-state index < -0.39 is 21.7 Å². The summed E-state index contributed by atoms with van der Waals surface area (Å²) >= 11 is 0. The van der Waals surface area contributed by atoms with Crippen LogP contribution in [0.5, 0.6) is 0 Å². The summed E-state index contributed by atoms with van der Waals surface area (Å²) in [5.41, 5.74) is 5.20. The van der Waals surface area contributed by atoms with E-state index in [4.69, 9.17) is 5.73 Å². The molecule has 1 heterocycles. The summed E-state index contributed by atoms with van der Waals surface area (Å²) in [7, 11) is -4.00. The molecule has 5 nitrogen and oxygen atoms in total. The van der Waals surface area contributed by atoms with Gasteiger partial charge < -0.3 is 5.73 Å². The zero-order chi connectivity index (χ0) is 14.0. The average molecular weight is 285 g/mol. The zero-order valence-corrected chi connectivity index (χ0v) is 10.3. The second-order valence-corrected chi connectivity index (χ2v) is 5.36. The minimum absolute atomic E-state index is 0.0724. The van der Waals surface area contributed by atoms with Gasteiger partial charge in [0, 0.05) is 6.20 Å². The van der Waals surface area contributed by atoms with Gasteiger partial charge >= 0.3 is 0 Å². The Morgan fingerprint density at radius 2 is 1.89 bits per heavy atom. The maximum atomic E-state index is 12.9. The van der Waals surface area contributed by atoms with Crippen molar-refractivity contribution in [3.8, 4) is 0 Å². The lowest BCUT2D eigenvalue weighted by Gasteiger charge is -2.08. The number of anilines is 2. The first-order chi connectivity index (χ1) is 8.88. The van der Waals surface area contributed by atoms with Crippen molar-refractivity contribution in [2.24, 2.45) is 0 Å². The Balaban J connectivity index is 2.33. The number of nitrogen functional groups attached to an aromatic ring is 1. The molecule has 100 valence electrons. The molecule has 0 aliphatic carbocycles. The van der Waals surface area contributed by atoms with E-state index in [-0.39, 0.29) is 16.3 Å². The maximum Gasteiger partial charge on any atom is 0.263 e. The van der Waals surface area contributed by atoms with E-state index in [2.05, 4.69) is 9.71 Å². The van der Waals surface area contributed by atoms with E-state index in [1.165, 1.54) is 6.07 Å². The molecule has 1 aromatic heterocycles. The second kappa shape index (κ2) is 4.81. The molecule has 2 rings (SSSR count). The lowest BCUT2D eigenvalue weighted by Crippen LogP contribution is -2.13. The Hall–Kier alpha value is -2.22. The molecule has 2 aromatic rings. The zero-order valence-electron chi connectivity index (χ0n) is 9.47. The first kappa shape index (κ1) is 13.2. The van der Waals surface area contributed by atoms with Crippen LogP contribution >= 0.6 is 0 Å². The number of nitrogens with zero attached hydrogens (tertiary/aromatic N) is 1. The molecule has 0 saturated heterocycles. The third kappa shape index (κ3) is 2.97. The SMILES string of the molecule is Nc1cc(NS(=O)(=O)c2cncc(F)c2)ccc1F. The Kier molecular flexibility index (Phi) is 3.34. The lowest BCUT2D eigenvalue weighted by atomic mass is 10.3. The number of nitrogens with two attached hydrogens (primary N) is 1. The lowest BCUT2D eigenvalue weighted by molar-refractivity contribution is 0.592. The number of hydrogen-bond acceptors (Lipinski definition) is 4. The van der Waals surface area contributed by atoms with Crippen LogP contribution in [0.25, 0.3) is 0 Å². The standard InChI is InChI=1S/C11H9F2N3O2S/c12-7-3-9(6-15-5-7)19(17,18)16-8-1-2-10(13)11(14)4-8/h1-6,16H,14H2. The molecule has 8 heteroatoms. The Morgan fingerprint density at radius 3 is 2.53 bits per heavy atom. The van der Waals surface area contributed by atoms with Gasteiger partial charge in [-0.2, -0.15) is 0 Å². The molecule has 0 spiro atoms. The van der Waals surface area contributed by atoms with Crippen molar-refractivity contribution in [2.45, 2.75) is 4.90 Å². The van der Waals surface area contributed by atoms with Crippen LogP contribution in [0.2, 0.25) is 0 Å². The van der Waals surface area contributed by atoms with Gasteiger partial charge in [0.15, 0.2) is 0 Å². The van der Waals surface area contributed by atoms with Crippen LogP contribution in [-0.2, 0) is 10.0 Å². The van der Waals surface area contributed by atoms with E-state index in [1.54, 1.807) is 0 Å². The average Bonchev–Trinajstić information content (AvgIpc) is 2.33. The number of benzene rings is 1. The minimum atomic E-state index is -4.00. The van der Waals surface area contributed by atoms with Gasteiger partial charge in [-0.05, 0) is 24.3 Å². The molecule has 0 radical (unpaired) electrons. The highest BCUT2D eigenvalue weighted by Crippen LogP contribution is 2.20. The third-order valence-corrected chi connectivity index (χ3v) is 3.59. The summed E-state index contributed by atoms with van der Waals surface area (Å²) < 4.78 is 51.8. The van der Waals surface area contributed by atoms with Gasteiger partial charge in [-0.1, -0.05) is 0 Å². The van der Waals surface area contributed by atoms with Gasteiger partial charge in [0.05, 0.1) is 17.6 Å². The summed E-state index contributed by atoms with van der Waals surface area (Å²) in [5.74, 6) is -1.43. The monoisotopic (exact) mass is 285 g/mol. The molecule has 0 amide bonds. The van der Waals surface area contributed by atoms with Gasteiger partial charge in [0.25, 0.3) is 10.0 Å². The van der Waals surface area contributed by atoms with Crippen LogP contribution in [-0.4, -0.2) is 13.4 Å². The topological polar surface area (TPSA) is 85.1 Å². The fraction of sp³-hybridized carbons (Fsp3) is 0. The number of halogens is 2. The molecule has 0 atom stereocenters. The predicted octanol–water partition coefficient (Wildman–Crippen LogP) is 1.74. The third-order valence-electron chi connectivity index (χ3n) is 2.24. The number of nitrogens with one attached hydrogen (secondary N) is 1. The fourth-order valence-corrected chi connectivity index (χ4v) is 2.38. The van der Waals surface area contributed by atoms with E-state index in [9.17, 15) is 17.2 Å². The first-order valence-corrected chi connectivity index (χ1v) is 6.55. The predicted molar refractivity (Wildman–Crippen MR) is 65.8 cm³/mol. The van der Waals surface area contributed by atoms with Crippen LogP contribution in [0, 0.1) is 11.6 Å². The molecular formula is C11H9F2N3O2S. The Labute approximate surface area is 108 Å². The van der Waals surface area contributed by atoms with Gasteiger partial charge in [-0.25, -0.2) is 17.2 Å². The number of pyridine rings is 1.